The summed E-state index contributed by atoms with van der Waals surface area (Å²) in [5, 5.41) is 3.07. The number of carbonyl (C=O) groups is 1. The summed E-state index contributed by atoms with van der Waals surface area (Å²) in [5.74, 6) is 0.0509. The average molecular weight is 392 g/mol. The number of ether oxygens (including phenoxy) is 1. The van der Waals surface area contributed by atoms with Crippen LogP contribution in [0.1, 0.15) is 29.5 Å². The molecule has 0 aromatic heterocycles. The van der Waals surface area contributed by atoms with Crippen molar-refractivity contribution in [2.45, 2.75) is 33.2 Å². The number of hydrogen-bond donors (Lipinski definition) is 2. The lowest BCUT2D eigenvalue weighted by molar-refractivity contribution is -0.136. The molecule has 4 nitrogen and oxygen atoms in total. The molecule has 1 fully saturated rings. The first-order valence-corrected chi connectivity index (χ1v) is 8.09. The standard InChI is InChI=1S/C16H23BrN2O2.ClH/c1-11-7-13(17)8-12(2)14(11)9-19-15(20)16(10-18)3-5-21-6-4-16;/h7-8H,3-6,9-10,18H2,1-2H3,(H,19,20);1H. The number of nitrogens with one attached hydrogen (secondary N) is 1. The summed E-state index contributed by atoms with van der Waals surface area (Å²) in [5.41, 5.74) is 8.93. The van der Waals surface area contributed by atoms with Crippen molar-refractivity contribution in [1.29, 1.82) is 0 Å². The minimum Gasteiger partial charge on any atom is -0.381 e. The van der Waals surface area contributed by atoms with Gasteiger partial charge in [-0.25, -0.2) is 0 Å². The Morgan fingerprint density at radius 3 is 2.36 bits per heavy atom. The molecule has 0 unspecified atom stereocenters. The van der Waals surface area contributed by atoms with E-state index in [0.717, 1.165) is 4.47 Å². The normalized spacial score (nSPS) is 16.7. The molecule has 22 heavy (non-hydrogen) atoms. The smallest absolute Gasteiger partial charge is 0.227 e. The van der Waals surface area contributed by atoms with Gasteiger partial charge in [-0.1, -0.05) is 15.9 Å². The van der Waals surface area contributed by atoms with Crippen molar-refractivity contribution in [2.75, 3.05) is 19.8 Å². The van der Waals surface area contributed by atoms with E-state index in [1.165, 1.54) is 16.7 Å². The number of nitrogens with two attached hydrogens (primary N) is 1. The Morgan fingerprint density at radius 2 is 1.86 bits per heavy atom. The van der Waals surface area contributed by atoms with Crippen molar-refractivity contribution in [1.82, 2.24) is 5.32 Å². The van der Waals surface area contributed by atoms with E-state index in [-0.39, 0.29) is 18.3 Å². The lowest BCUT2D eigenvalue weighted by Gasteiger charge is -2.34. The number of amides is 1. The van der Waals surface area contributed by atoms with Gasteiger partial charge in [-0.05, 0) is 55.5 Å². The first-order valence-electron chi connectivity index (χ1n) is 7.30. The lowest BCUT2D eigenvalue weighted by atomic mass is 9.79. The van der Waals surface area contributed by atoms with E-state index >= 15 is 0 Å². The van der Waals surface area contributed by atoms with E-state index in [0.29, 0.717) is 39.1 Å². The maximum absolute atomic E-state index is 12.6. The van der Waals surface area contributed by atoms with Crippen LogP contribution in [0.5, 0.6) is 0 Å². The second kappa shape index (κ2) is 8.29. The van der Waals surface area contributed by atoms with Crippen molar-refractivity contribution in [3.05, 3.63) is 33.3 Å². The molecule has 3 N–H and O–H groups in total. The van der Waals surface area contributed by atoms with Gasteiger partial charge >= 0.3 is 0 Å². The van der Waals surface area contributed by atoms with Gasteiger partial charge in [0.2, 0.25) is 5.91 Å². The molecule has 0 bridgehead atoms. The Labute approximate surface area is 146 Å². The van der Waals surface area contributed by atoms with Crippen LogP contribution in [-0.2, 0) is 16.1 Å². The van der Waals surface area contributed by atoms with Gasteiger partial charge in [0.15, 0.2) is 0 Å². The molecule has 1 amide bonds. The number of benzene rings is 1. The Kier molecular flexibility index (Phi) is 7.32. The van der Waals surface area contributed by atoms with E-state index in [1.807, 2.05) is 0 Å². The summed E-state index contributed by atoms with van der Waals surface area (Å²) in [6, 6.07) is 4.14. The maximum Gasteiger partial charge on any atom is 0.227 e. The Bertz CT molecular complexity index is 508. The molecule has 2 rings (SSSR count). The molecule has 0 spiro atoms. The summed E-state index contributed by atoms with van der Waals surface area (Å²) in [6.07, 6.45) is 1.40. The van der Waals surface area contributed by atoms with E-state index in [2.05, 4.69) is 47.2 Å². The Balaban J connectivity index is 0.00000242. The predicted octanol–water partition coefficient (Wildman–Crippen LogP) is 2.86. The fourth-order valence-corrected chi connectivity index (χ4v) is 3.55. The van der Waals surface area contributed by atoms with Crippen LogP contribution in [0, 0.1) is 19.3 Å². The molecule has 0 saturated carbocycles. The molecule has 1 aliphatic heterocycles. The molecule has 1 saturated heterocycles. The third-order valence-electron chi connectivity index (χ3n) is 4.41. The lowest BCUT2D eigenvalue weighted by Crippen LogP contribution is -2.49. The highest BCUT2D eigenvalue weighted by Crippen LogP contribution is 2.30. The second-order valence-electron chi connectivity index (χ2n) is 5.80. The fourth-order valence-electron chi connectivity index (χ4n) is 2.86. The van der Waals surface area contributed by atoms with Gasteiger partial charge in [0, 0.05) is 30.8 Å². The Hall–Kier alpha value is -0.620. The summed E-state index contributed by atoms with van der Waals surface area (Å²) in [7, 11) is 0. The maximum atomic E-state index is 12.6. The van der Waals surface area contributed by atoms with Gasteiger partial charge in [0.1, 0.15) is 0 Å². The van der Waals surface area contributed by atoms with E-state index in [1.54, 1.807) is 0 Å². The van der Waals surface area contributed by atoms with Gasteiger partial charge < -0.3 is 15.8 Å². The van der Waals surface area contributed by atoms with Crippen LogP contribution in [0.3, 0.4) is 0 Å². The zero-order valence-corrected chi connectivity index (χ0v) is 15.5. The minimum absolute atomic E-state index is 0. The van der Waals surface area contributed by atoms with Crippen molar-refractivity contribution in [3.63, 3.8) is 0 Å². The number of carbonyl (C=O) groups excluding carboxylic acids is 1. The number of rotatable bonds is 4. The highest BCUT2D eigenvalue weighted by Gasteiger charge is 2.38. The summed E-state index contributed by atoms with van der Waals surface area (Å²) >= 11 is 3.49. The van der Waals surface area contributed by atoms with E-state index in [4.69, 9.17) is 10.5 Å². The van der Waals surface area contributed by atoms with Crippen LogP contribution in [0.25, 0.3) is 0 Å². The van der Waals surface area contributed by atoms with Crippen molar-refractivity contribution < 1.29 is 9.53 Å². The molecule has 1 aliphatic rings. The molecule has 1 aromatic rings. The second-order valence-corrected chi connectivity index (χ2v) is 6.71. The largest absolute Gasteiger partial charge is 0.381 e. The van der Waals surface area contributed by atoms with Crippen LogP contribution in [0.4, 0.5) is 0 Å². The molecule has 6 heteroatoms. The van der Waals surface area contributed by atoms with Crippen molar-refractivity contribution in [2.24, 2.45) is 11.1 Å². The zero-order chi connectivity index (χ0) is 15.5. The van der Waals surface area contributed by atoms with Gasteiger partial charge in [-0.15, -0.1) is 12.4 Å². The van der Waals surface area contributed by atoms with Crippen LogP contribution in [0.2, 0.25) is 0 Å². The average Bonchev–Trinajstić information content (AvgIpc) is 2.46. The topological polar surface area (TPSA) is 64.4 Å². The number of aryl methyl sites for hydroxylation is 2. The first kappa shape index (κ1) is 19.4. The molecule has 124 valence electrons. The molecule has 0 atom stereocenters. The van der Waals surface area contributed by atoms with Crippen LogP contribution < -0.4 is 11.1 Å². The van der Waals surface area contributed by atoms with Crippen molar-refractivity contribution >= 4 is 34.2 Å². The zero-order valence-electron chi connectivity index (χ0n) is 13.1. The first-order chi connectivity index (χ1) is 9.98. The van der Waals surface area contributed by atoms with E-state index < -0.39 is 5.41 Å². The SMILES string of the molecule is Cc1cc(Br)cc(C)c1CNC(=O)C1(CN)CCOCC1.Cl. The number of hydrogen-bond acceptors (Lipinski definition) is 3. The third kappa shape index (κ3) is 4.22. The van der Waals surface area contributed by atoms with Gasteiger partial charge in [-0.2, -0.15) is 0 Å². The molecular formula is C16H24BrClN2O2. The van der Waals surface area contributed by atoms with E-state index in [9.17, 15) is 4.79 Å². The van der Waals surface area contributed by atoms with Gasteiger partial charge in [-0.3, -0.25) is 4.79 Å². The van der Waals surface area contributed by atoms with Crippen LogP contribution in [0.15, 0.2) is 16.6 Å². The summed E-state index contributed by atoms with van der Waals surface area (Å²) < 4.78 is 6.42. The van der Waals surface area contributed by atoms with Crippen LogP contribution >= 0.6 is 28.3 Å². The molecule has 1 aromatic carbocycles. The van der Waals surface area contributed by atoms with Gasteiger partial charge in [0.05, 0.1) is 5.41 Å². The predicted molar refractivity (Wildman–Crippen MR) is 94.3 cm³/mol. The summed E-state index contributed by atoms with van der Waals surface area (Å²) in [4.78, 5) is 12.6. The molecule has 0 aliphatic carbocycles. The van der Waals surface area contributed by atoms with Gasteiger partial charge in [0.25, 0.3) is 0 Å². The highest BCUT2D eigenvalue weighted by atomic mass is 79.9. The quantitative estimate of drug-likeness (QED) is 0.829. The molecule has 0 radical (unpaired) electrons. The molecular weight excluding hydrogens is 368 g/mol. The van der Waals surface area contributed by atoms with Crippen molar-refractivity contribution in [3.8, 4) is 0 Å². The monoisotopic (exact) mass is 390 g/mol. The number of halogens is 2. The Morgan fingerprint density at radius 1 is 1.32 bits per heavy atom. The summed E-state index contributed by atoms with van der Waals surface area (Å²) in [6.45, 7) is 6.27. The van der Waals surface area contributed by atoms with Crippen LogP contribution in [-0.4, -0.2) is 25.7 Å². The minimum atomic E-state index is -0.463. The highest BCUT2D eigenvalue weighted by molar-refractivity contribution is 9.10. The molecule has 1 heterocycles. The fraction of sp³-hybridized carbons (Fsp3) is 0.562. The third-order valence-corrected chi connectivity index (χ3v) is 4.87.